The molecule has 5 nitrogen and oxygen atoms in total. The Kier molecular flexibility index (Phi) is 5.87. The molecule has 5 heteroatoms. The number of methoxy groups -OCH3 is 1. The molecule has 2 N–H and O–H groups in total. The zero-order chi connectivity index (χ0) is 13.4. The first-order valence-electron chi connectivity index (χ1n) is 5.76. The lowest BCUT2D eigenvalue weighted by atomic mass is 10.1. The van der Waals surface area contributed by atoms with E-state index in [0.717, 1.165) is 5.56 Å². The molecule has 0 spiro atoms. The largest absolute Gasteiger partial charge is 0.465 e. The van der Waals surface area contributed by atoms with E-state index in [0.29, 0.717) is 25.1 Å². The van der Waals surface area contributed by atoms with Gasteiger partial charge >= 0.3 is 5.97 Å². The number of benzene rings is 1. The van der Waals surface area contributed by atoms with Crippen LogP contribution in [0.4, 0.5) is 0 Å². The van der Waals surface area contributed by atoms with Crippen LogP contribution in [0, 0.1) is 0 Å². The molecular formula is C13H18N2O3. The van der Waals surface area contributed by atoms with E-state index < -0.39 is 0 Å². The summed E-state index contributed by atoms with van der Waals surface area (Å²) in [5, 5.41) is 5.69. The van der Waals surface area contributed by atoms with Crippen molar-refractivity contribution in [2.75, 3.05) is 20.7 Å². The minimum Gasteiger partial charge on any atom is -0.465 e. The Morgan fingerprint density at radius 2 is 2.11 bits per heavy atom. The SMILES string of the molecule is CNCCC(=O)NCc1cccc(C(=O)OC)c1. The second kappa shape index (κ2) is 7.45. The number of nitrogens with one attached hydrogen (secondary N) is 2. The van der Waals surface area contributed by atoms with Gasteiger partial charge in [-0.3, -0.25) is 4.79 Å². The van der Waals surface area contributed by atoms with E-state index in [4.69, 9.17) is 0 Å². The minimum atomic E-state index is -0.377. The van der Waals surface area contributed by atoms with E-state index in [1.54, 1.807) is 25.2 Å². The summed E-state index contributed by atoms with van der Waals surface area (Å²) in [6.45, 7) is 1.06. The molecule has 0 fully saturated rings. The maximum atomic E-state index is 11.4. The first kappa shape index (κ1) is 14.2. The molecule has 18 heavy (non-hydrogen) atoms. The maximum absolute atomic E-state index is 11.4. The zero-order valence-electron chi connectivity index (χ0n) is 10.7. The summed E-state index contributed by atoms with van der Waals surface area (Å²) in [5.74, 6) is -0.397. The van der Waals surface area contributed by atoms with E-state index in [-0.39, 0.29) is 11.9 Å². The van der Waals surface area contributed by atoms with Crippen LogP contribution in [0.1, 0.15) is 22.3 Å². The molecule has 0 aliphatic carbocycles. The van der Waals surface area contributed by atoms with E-state index in [1.165, 1.54) is 7.11 Å². The number of ether oxygens (including phenoxy) is 1. The topological polar surface area (TPSA) is 67.4 Å². The van der Waals surface area contributed by atoms with Crippen molar-refractivity contribution in [3.05, 3.63) is 35.4 Å². The average molecular weight is 250 g/mol. The van der Waals surface area contributed by atoms with Crippen molar-refractivity contribution < 1.29 is 14.3 Å². The molecule has 0 aliphatic heterocycles. The van der Waals surface area contributed by atoms with Crippen molar-refractivity contribution in [2.45, 2.75) is 13.0 Å². The Hall–Kier alpha value is -1.88. The third-order valence-electron chi connectivity index (χ3n) is 2.44. The van der Waals surface area contributed by atoms with Gasteiger partial charge in [-0.2, -0.15) is 0 Å². The van der Waals surface area contributed by atoms with Crippen molar-refractivity contribution in [2.24, 2.45) is 0 Å². The second-order valence-electron chi connectivity index (χ2n) is 3.82. The van der Waals surface area contributed by atoms with Crippen LogP contribution < -0.4 is 10.6 Å². The standard InChI is InChI=1S/C13H18N2O3/c1-14-7-6-12(16)15-9-10-4-3-5-11(8-10)13(17)18-2/h3-5,8,14H,6-7,9H2,1-2H3,(H,15,16). The van der Waals surface area contributed by atoms with Crippen molar-refractivity contribution in [1.82, 2.24) is 10.6 Å². The number of esters is 1. The van der Waals surface area contributed by atoms with Gasteiger partial charge in [0.1, 0.15) is 0 Å². The predicted octanol–water partition coefficient (Wildman–Crippen LogP) is 0.699. The van der Waals surface area contributed by atoms with Crippen LogP contribution >= 0.6 is 0 Å². The van der Waals surface area contributed by atoms with Gasteiger partial charge in [-0.15, -0.1) is 0 Å². The quantitative estimate of drug-likeness (QED) is 0.729. The molecule has 1 aromatic carbocycles. The molecule has 0 aromatic heterocycles. The molecule has 0 saturated heterocycles. The predicted molar refractivity (Wildman–Crippen MR) is 68.2 cm³/mol. The number of rotatable bonds is 6. The van der Waals surface area contributed by atoms with Crippen LogP contribution in [0.15, 0.2) is 24.3 Å². The summed E-state index contributed by atoms with van der Waals surface area (Å²) < 4.78 is 4.64. The molecular weight excluding hydrogens is 232 g/mol. The van der Waals surface area contributed by atoms with Crippen LogP contribution in [0.5, 0.6) is 0 Å². The van der Waals surface area contributed by atoms with Gasteiger partial charge < -0.3 is 15.4 Å². The lowest BCUT2D eigenvalue weighted by molar-refractivity contribution is -0.121. The lowest BCUT2D eigenvalue weighted by Gasteiger charge is -2.06. The number of hydrogen-bond donors (Lipinski definition) is 2. The second-order valence-corrected chi connectivity index (χ2v) is 3.82. The molecule has 0 saturated carbocycles. The van der Waals surface area contributed by atoms with Gasteiger partial charge in [-0.25, -0.2) is 4.79 Å². The number of amides is 1. The van der Waals surface area contributed by atoms with Crippen molar-refractivity contribution in [3.8, 4) is 0 Å². The molecule has 0 heterocycles. The van der Waals surface area contributed by atoms with Gasteiger partial charge in [0, 0.05) is 19.5 Å². The highest BCUT2D eigenvalue weighted by Crippen LogP contribution is 2.06. The highest BCUT2D eigenvalue weighted by molar-refractivity contribution is 5.89. The van der Waals surface area contributed by atoms with Gasteiger partial charge in [0.15, 0.2) is 0 Å². The fourth-order valence-electron chi connectivity index (χ4n) is 1.45. The molecule has 0 atom stereocenters. The average Bonchev–Trinajstić information content (AvgIpc) is 2.42. The van der Waals surface area contributed by atoms with E-state index in [2.05, 4.69) is 15.4 Å². The van der Waals surface area contributed by atoms with Crippen LogP contribution in [-0.4, -0.2) is 32.6 Å². The van der Waals surface area contributed by atoms with Crippen molar-refractivity contribution in [3.63, 3.8) is 0 Å². The van der Waals surface area contributed by atoms with Gasteiger partial charge in [0.2, 0.25) is 5.91 Å². The molecule has 1 aromatic rings. The normalized spacial score (nSPS) is 9.89. The van der Waals surface area contributed by atoms with Crippen molar-refractivity contribution in [1.29, 1.82) is 0 Å². The first-order chi connectivity index (χ1) is 8.67. The number of hydrogen-bond acceptors (Lipinski definition) is 4. The van der Waals surface area contributed by atoms with Crippen LogP contribution in [0.25, 0.3) is 0 Å². The molecule has 0 aliphatic rings. The fourth-order valence-corrected chi connectivity index (χ4v) is 1.45. The maximum Gasteiger partial charge on any atom is 0.337 e. The summed E-state index contributed by atoms with van der Waals surface area (Å²) in [5.41, 5.74) is 1.36. The summed E-state index contributed by atoms with van der Waals surface area (Å²) in [6, 6.07) is 7.01. The monoisotopic (exact) mass is 250 g/mol. The van der Waals surface area contributed by atoms with E-state index >= 15 is 0 Å². The van der Waals surface area contributed by atoms with E-state index in [1.807, 2.05) is 6.07 Å². The smallest absolute Gasteiger partial charge is 0.337 e. The molecule has 1 rings (SSSR count). The Morgan fingerprint density at radius 1 is 1.33 bits per heavy atom. The van der Waals surface area contributed by atoms with Crippen LogP contribution in [0.2, 0.25) is 0 Å². The fraction of sp³-hybridized carbons (Fsp3) is 0.385. The molecule has 0 unspecified atom stereocenters. The van der Waals surface area contributed by atoms with Crippen molar-refractivity contribution >= 4 is 11.9 Å². The summed E-state index contributed by atoms with van der Waals surface area (Å²) >= 11 is 0. The number of carbonyl (C=O) groups is 2. The van der Waals surface area contributed by atoms with Crippen LogP contribution in [-0.2, 0) is 16.1 Å². The summed E-state index contributed by atoms with van der Waals surface area (Å²) in [4.78, 5) is 22.7. The highest BCUT2D eigenvalue weighted by atomic mass is 16.5. The molecule has 1 amide bonds. The lowest BCUT2D eigenvalue weighted by Crippen LogP contribution is -2.26. The Balaban J connectivity index is 2.52. The molecule has 0 bridgehead atoms. The Labute approximate surface area is 107 Å². The summed E-state index contributed by atoms with van der Waals surface area (Å²) in [7, 11) is 3.14. The minimum absolute atomic E-state index is 0.0205. The molecule has 98 valence electrons. The third kappa shape index (κ3) is 4.55. The van der Waals surface area contributed by atoms with Gasteiger partial charge in [-0.05, 0) is 24.7 Å². The summed E-state index contributed by atoms with van der Waals surface area (Å²) in [6.07, 6.45) is 0.438. The Bertz CT molecular complexity index is 418. The zero-order valence-corrected chi connectivity index (χ0v) is 10.7. The van der Waals surface area contributed by atoms with Gasteiger partial charge in [0.25, 0.3) is 0 Å². The van der Waals surface area contributed by atoms with Gasteiger partial charge in [0.05, 0.1) is 12.7 Å². The third-order valence-corrected chi connectivity index (χ3v) is 2.44. The first-order valence-corrected chi connectivity index (χ1v) is 5.76. The van der Waals surface area contributed by atoms with Crippen LogP contribution in [0.3, 0.4) is 0 Å². The van der Waals surface area contributed by atoms with E-state index in [9.17, 15) is 9.59 Å². The number of carbonyl (C=O) groups excluding carboxylic acids is 2. The Morgan fingerprint density at radius 3 is 2.78 bits per heavy atom. The molecule has 0 radical (unpaired) electrons. The van der Waals surface area contributed by atoms with Gasteiger partial charge in [-0.1, -0.05) is 12.1 Å². The highest BCUT2D eigenvalue weighted by Gasteiger charge is 2.06.